The molecule has 6 heteroatoms. The van der Waals surface area contributed by atoms with Crippen LogP contribution < -0.4 is 5.32 Å². The maximum absolute atomic E-state index is 12.7. The van der Waals surface area contributed by atoms with Crippen molar-refractivity contribution in [2.24, 2.45) is 0 Å². The summed E-state index contributed by atoms with van der Waals surface area (Å²) in [7, 11) is 0. The molecule has 26 heavy (non-hydrogen) atoms. The van der Waals surface area contributed by atoms with E-state index in [-0.39, 0.29) is 18.1 Å². The number of rotatable bonds is 6. The summed E-state index contributed by atoms with van der Waals surface area (Å²) in [6.45, 7) is 8.10. The highest BCUT2D eigenvalue weighted by atomic mass is 16.3. The van der Waals surface area contributed by atoms with E-state index in [0.29, 0.717) is 6.54 Å². The number of benzene rings is 1. The molecule has 0 radical (unpaired) electrons. The van der Waals surface area contributed by atoms with Crippen LogP contribution in [0.2, 0.25) is 0 Å². The first-order valence-corrected chi connectivity index (χ1v) is 9.37. The Morgan fingerprint density at radius 3 is 2.73 bits per heavy atom. The van der Waals surface area contributed by atoms with E-state index in [2.05, 4.69) is 20.1 Å². The number of pyridine rings is 1. The maximum atomic E-state index is 12.7. The smallest absolute Gasteiger partial charge is 0.241 e. The predicted octanol–water partition coefficient (Wildman–Crippen LogP) is 1.95. The predicted molar refractivity (Wildman–Crippen MR) is 104 cm³/mol. The van der Waals surface area contributed by atoms with E-state index in [0.717, 1.165) is 49.2 Å². The van der Waals surface area contributed by atoms with Gasteiger partial charge in [-0.05, 0) is 37.6 Å². The summed E-state index contributed by atoms with van der Waals surface area (Å²) in [5, 5.41) is 13.8. The number of carbonyl (C=O) groups excluding carboxylic acids is 1. The van der Waals surface area contributed by atoms with Crippen LogP contribution in [0.25, 0.3) is 10.9 Å². The third-order valence-corrected chi connectivity index (χ3v) is 5.18. The standard InChI is InChI=1S/C20H28N4O2/c1-3-16(25)14-23-10-12-24(13-11-23)15(2)20(26)22-19-8-4-7-18-17(19)6-5-9-21-18/h4-9,15-16,25H,3,10-14H2,1-2H3,(H,22,26)/t15-,16-/m1/s1. The molecule has 1 aliphatic rings. The van der Waals surface area contributed by atoms with Crippen molar-refractivity contribution in [1.29, 1.82) is 0 Å². The van der Waals surface area contributed by atoms with Crippen molar-refractivity contribution >= 4 is 22.5 Å². The van der Waals surface area contributed by atoms with E-state index < -0.39 is 0 Å². The molecular formula is C20H28N4O2. The van der Waals surface area contributed by atoms with E-state index in [1.807, 2.05) is 44.2 Å². The Hall–Kier alpha value is -2.02. The lowest BCUT2D eigenvalue weighted by Gasteiger charge is -2.38. The van der Waals surface area contributed by atoms with E-state index in [1.165, 1.54) is 0 Å². The summed E-state index contributed by atoms with van der Waals surface area (Å²) in [6.07, 6.45) is 2.27. The zero-order valence-corrected chi connectivity index (χ0v) is 15.6. The number of carbonyl (C=O) groups is 1. The summed E-state index contributed by atoms with van der Waals surface area (Å²) in [5.41, 5.74) is 1.68. The number of β-amino-alcohol motifs (C(OH)–C–C–N with tert-alkyl or cyclic N) is 1. The molecule has 0 saturated carbocycles. The van der Waals surface area contributed by atoms with E-state index in [1.54, 1.807) is 6.20 Å². The molecule has 0 bridgehead atoms. The van der Waals surface area contributed by atoms with Gasteiger partial charge in [0, 0.05) is 44.3 Å². The molecule has 0 spiro atoms. The quantitative estimate of drug-likeness (QED) is 0.828. The molecule has 1 fully saturated rings. The Balaban J connectivity index is 1.58. The number of anilines is 1. The fourth-order valence-corrected chi connectivity index (χ4v) is 3.38. The Morgan fingerprint density at radius 1 is 1.23 bits per heavy atom. The van der Waals surface area contributed by atoms with Crippen LogP contribution in [0.3, 0.4) is 0 Å². The number of amides is 1. The van der Waals surface area contributed by atoms with E-state index >= 15 is 0 Å². The molecule has 3 rings (SSSR count). The Morgan fingerprint density at radius 2 is 2.00 bits per heavy atom. The Bertz CT molecular complexity index is 738. The first-order valence-electron chi connectivity index (χ1n) is 9.37. The van der Waals surface area contributed by atoms with Gasteiger partial charge in [0.15, 0.2) is 0 Å². The van der Waals surface area contributed by atoms with Crippen LogP contribution in [-0.4, -0.2) is 70.7 Å². The van der Waals surface area contributed by atoms with E-state index in [4.69, 9.17) is 0 Å². The average molecular weight is 356 g/mol. The normalized spacial score (nSPS) is 18.6. The van der Waals surface area contributed by atoms with Gasteiger partial charge in [-0.3, -0.25) is 19.6 Å². The third kappa shape index (κ3) is 4.38. The number of aliphatic hydroxyl groups excluding tert-OH is 1. The van der Waals surface area contributed by atoms with Crippen LogP contribution in [0.1, 0.15) is 20.3 Å². The maximum Gasteiger partial charge on any atom is 0.241 e. The molecule has 1 saturated heterocycles. The van der Waals surface area contributed by atoms with Gasteiger partial charge >= 0.3 is 0 Å². The number of hydrogen-bond acceptors (Lipinski definition) is 5. The highest BCUT2D eigenvalue weighted by Crippen LogP contribution is 2.22. The molecule has 140 valence electrons. The number of fused-ring (bicyclic) bond motifs is 1. The highest BCUT2D eigenvalue weighted by molar-refractivity contribution is 6.02. The summed E-state index contributed by atoms with van der Waals surface area (Å²) in [5.74, 6) is 0.00314. The van der Waals surface area contributed by atoms with Crippen LogP contribution in [-0.2, 0) is 4.79 Å². The second-order valence-electron chi connectivity index (χ2n) is 6.94. The third-order valence-electron chi connectivity index (χ3n) is 5.18. The summed E-state index contributed by atoms with van der Waals surface area (Å²) >= 11 is 0. The van der Waals surface area contributed by atoms with Crippen LogP contribution in [0.4, 0.5) is 5.69 Å². The van der Waals surface area contributed by atoms with Gasteiger partial charge in [-0.2, -0.15) is 0 Å². The SMILES string of the molecule is CC[C@@H](O)CN1CCN([C@H](C)C(=O)Nc2cccc3ncccc23)CC1. The van der Waals surface area contributed by atoms with Crippen molar-refractivity contribution in [2.45, 2.75) is 32.4 Å². The summed E-state index contributed by atoms with van der Waals surface area (Å²) in [4.78, 5) is 21.5. The van der Waals surface area contributed by atoms with Crippen molar-refractivity contribution in [3.63, 3.8) is 0 Å². The molecule has 2 aromatic rings. The van der Waals surface area contributed by atoms with Crippen molar-refractivity contribution in [3.05, 3.63) is 36.5 Å². The number of hydrogen-bond donors (Lipinski definition) is 2. The summed E-state index contributed by atoms with van der Waals surface area (Å²) in [6, 6.07) is 9.43. The molecule has 1 aromatic carbocycles. The average Bonchev–Trinajstić information content (AvgIpc) is 2.68. The molecule has 2 N–H and O–H groups in total. The molecular weight excluding hydrogens is 328 g/mol. The molecule has 1 aromatic heterocycles. The van der Waals surface area contributed by atoms with Crippen LogP contribution in [0, 0.1) is 0 Å². The van der Waals surface area contributed by atoms with Gasteiger partial charge in [-0.25, -0.2) is 0 Å². The zero-order valence-electron chi connectivity index (χ0n) is 15.6. The minimum atomic E-state index is -0.262. The fraction of sp³-hybridized carbons (Fsp3) is 0.500. The van der Waals surface area contributed by atoms with Gasteiger partial charge in [0.1, 0.15) is 0 Å². The number of nitrogens with one attached hydrogen (secondary N) is 1. The van der Waals surface area contributed by atoms with Gasteiger partial charge in [-0.1, -0.05) is 13.0 Å². The van der Waals surface area contributed by atoms with E-state index in [9.17, 15) is 9.90 Å². The van der Waals surface area contributed by atoms with Crippen molar-refractivity contribution in [3.8, 4) is 0 Å². The minimum absolute atomic E-state index is 0.00314. The highest BCUT2D eigenvalue weighted by Gasteiger charge is 2.26. The zero-order chi connectivity index (χ0) is 18.5. The second kappa shape index (κ2) is 8.58. The van der Waals surface area contributed by atoms with Crippen molar-refractivity contribution < 1.29 is 9.90 Å². The number of aliphatic hydroxyl groups is 1. The van der Waals surface area contributed by atoms with Gasteiger partial charge in [0.2, 0.25) is 5.91 Å². The fourth-order valence-electron chi connectivity index (χ4n) is 3.38. The van der Waals surface area contributed by atoms with Gasteiger partial charge in [-0.15, -0.1) is 0 Å². The number of piperazine rings is 1. The largest absolute Gasteiger partial charge is 0.392 e. The van der Waals surface area contributed by atoms with Gasteiger partial charge in [0.25, 0.3) is 0 Å². The summed E-state index contributed by atoms with van der Waals surface area (Å²) < 4.78 is 0. The van der Waals surface area contributed by atoms with Crippen molar-refractivity contribution in [2.75, 3.05) is 38.0 Å². The van der Waals surface area contributed by atoms with Gasteiger partial charge < -0.3 is 10.4 Å². The molecule has 0 aliphatic carbocycles. The molecule has 2 heterocycles. The van der Waals surface area contributed by atoms with Gasteiger partial charge in [0.05, 0.1) is 23.3 Å². The van der Waals surface area contributed by atoms with Crippen LogP contribution in [0.5, 0.6) is 0 Å². The van der Waals surface area contributed by atoms with Crippen LogP contribution >= 0.6 is 0 Å². The molecule has 6 nitrogen and oxygen atoms in total. The first kappa shape index (κ1) is 18.8. The lowest BCUT2D eigenvalue weighted by atomic mass is 10.1. The Labute approximate surface area is 154 Å². The monoisotopic (exact) mass is 356 g/mol. The minimum Gasteiger partial charge on any atom is -0.392 e. The molecule has 2 atom stereocenters. The molecule has 1 amide bonds. The lowest BCUT2D eigenvalue weighted by Crippen LogP contribution is -2.53. The lowest BCUT2D eigenvalue weighted by molar-refractivity contribution is -0.121. The molecule has 1 aliphatic heterocycles. The Kier molecular flexibility index (Phi) is 6.19. The molecule has 0 unspecified atom stereocenters. The second-order valence-corrected chi connectivity index (χ2v) is 6.94. The number of nitrogens with zero attached hydrogens (tertiary/aromatic N) is 3. The topological polar surface area (TPSA) is 68.7 Å². The number of aromatic nitrogens is 1. The van der Waals surface area contributed by atoms with Crippen molar-refractivity contribution in [1.82, 2.24) is 14.8 Å². The van der Waals surface area contributed by atoms with Crippen LogP contribution in [0.15, 0.2) is 36.5 Å². The first-order chi connectivity index (χ1) is 12.6.